The van der Waals surface area contributed by atoms with E-state index < -0.39 is 0 Å². The van der Waals surface area contributed by atoms with Crippen molar-refractivity contribution in [3.8, 4) is 11.3 Å². The predicted octanol–water partition coefficient (Wildman–Crippen LogP) is 5.09. The zero-order chi connectivity index (χ0) is 15.6. The molecule has 2 aromatic carbocycles. The van der Waals surface area contributed by atoms with Gasteiger partial charge >= 0.3 is 0 Å². The van der Waals surface area contributed by atoms with Gasteiger partial charge in [0.15, 0.2) is 0 Å². The van der Waals surface area contributed by atoms with Crippen LogP contribution in [0.25, 0.3) is 33.9 Å². The van der Waals surface area contributed by atoms with Gasteiger partial charge in [-0.05, 0) is 17.7 Å². The van der Waals surface area contributed by atoms with Crippen LogP contribution in [0.1, 0.15) is 30.7 Å². The largest absolute Gasteiger partial charge is 0.244 e. The van der Waals surface area contributed by atoms with Gasteiger partial charge in [0.25, 0.3) is 0 Å². The summed E-state index contributed by atoms with van der Waals surface area (Å²) in [6.45, 7) is 4.46. The van der Waals surface area contributed by atoms with Gasteiger partial charge in [0.05, 0.1) is 22.4 Å². The van der Waals surface area contributed by atoms with E-state index in [-0.39, 0.29) is 5.41 Å². The van der Waals surface area contributed by atoms with Crippen LogP contribution < -0.4 is 0 Å². The summed E-state index contributed by atoms with van der Waals surface area (Å²) in [4.78, 5) is 9.86. The summed E-state index contributed by atoms with van der Waals surface area (Å²) >= 11 is 0. The summed E-state index contributed by atoms with van der Waals surface area (Å²) in [6.07, 6.45) is 6.82. The lowest BCUT2D eigenvalue weighted by molar-refractivity contribution is 0.632. The minimum Gasteiger partial charge on any atom is -0.244 e. The van der Waals surface area contributed by atoms with E-state index in [2.05, 4.69) is 50.3 Å². The number of rotatable bonds is 0. The minimum atomic E-state index is 0.000554. The van der Waals surface area contributed by atoms with E-state index in [1.54, 1.807) is 0 Å². The maximum atomic E-state index is 4.95. The maximum Gasteiger partial charge on any atom is 0.0979 e. The van der Waals surface area contributed by atoms with Crippen molar-refractivity contribution in [1.82, 2.24) is 9.97 Å². The molecule has 110 valence electrons. The SMILES string of the molecule is CC1(C)C=Cc2cccc3c2C(=C1)c1nc2ccccc2nc1-3. The maximum absolute atomic E-state index is 4.95. The molecule has 0 saturated carbocycles. The van der Waals surface area contributed by atoms with Gasteiger partial charge in [-0.2, -0.15) is 0 Å². The molecule has 0 amide bonds. The second-order valence-electron chi connectivity index (χ2n) is 6.89. The number of allylic oxidation sites excluding steroid dienone is 2. The van der Waals surface area contributed by atoms with Gasteiger partial charge in [-0.3, -0.25) is 0 Å². The van der Waals surface area contributed by atoms with Gasteiger partial charge in [0.1, 0.15) is 0 Å². The van der Waals surface area contributed by atoms with Crippen molar-refractivity contribution < 1.29 is 0 Å². The Morgan fingerprint density at radius 1 is 0.826 bits per heavy atom. The molecule has 2 aliphatic carbocycles. The average Bonchev–Trinajstić information content (AvgIpc) is 2.75. The zero-order valence-corrected chi connectivity index (χ0v) is 13.2. The first-order chi connectivity index (χ1) is 11.1. The predicted molar refractivity (Wildman–Crippen MR) is 94.9 cm³/mol. The molecule has 0 unspecified atom stereocenters. The molecular weight excluding hydrogens is 280 g/mol. The first-order valence-corrected chi connectivity index (χ1v) is 7.95. The van der Waals surface area contributed by atoms with E-state index in [9.17, 15) is 0 Å². The molecule has 0 fully saturated rings. The molecule has 23 heavy (non-hydrogen) atoms. The van der Waals surface area contributed by atoms with Crippen molar-refractivity contribution in [1.29, 1.82) is 0 Å². The lowest BCUT2D eigenvalue weighted by atomic mass is 9.90. The van der Waals surface area contributed by atoms with Crippen LogP contribution in [0, 0.1) is 5.41 Å². The molecule has 2 heteroatoms. The normalized spacial score (nSPS) is 16.7. The summed E-state index contributed by atoms with van der Waals surface area (Å²) in [5, 5.41) is 0. The van der Waals surface area contributed by atoms with Gasteiger partial charge in [0.2, 0.25) is 0 Å². The van der Waals surface area contributed by atoms with Crippen LogP contribution in [0.15, 0.2) is 54.6 Å². The van der Waals surface area contributed by atoms with Crippen molar-refractivity contribution in [3.63, 3.8) is 0 Å². The van der Waals surface area contributed by atoms with Gasteiger partial charge < -0.3 is 0 Å². The lowest BCUT2D eigenvalue weighted by Crippen LogP contribution is -2.03. The highest BCUT2D eigenvalue weighted by atomic mass is 14.8. The number of hydrogen-bond acceptors (Lipinski definition) is 2. The van der Waals surface area contributed by atoms with E-state index in [1.165, 1.54) is 22.3 Å². The Bertz CT molecular complexity index is 1040. The van der Waals surface area contributed by atoms with Gasteiger partial charge in [0, 0.05) is 22.1 Å². The van der Waals surface area contributed by atoms with Crippen molar-refractivity contribution in [2.24, 2.45) is 5.41 Å². The van der Waals surface area contributed by atoms with Crippen LogP contribution in [0.3, 0.4) is 0 Å². The monoisotopic (exact) mass is 296 g/mol. The fourth-order valence-corrected chi connectivity index (χ4v) is 3.57. The van der Waals surface area contributed by atoms with E-state index in [1.807, 2.05) is 24.3 Å². The zero-order valence-electron chi connectivity index (χ0n) is 13.2. The summed E-state index contributed by atoms with van der Waals surface area (Å²) in [5.41, 5.74) is 8.89. The van der Waals surface area contributed by atoms with E-state index in [0.717, 1.165) is 22.4 Å². The quantitative estimate of drug-likeness (QED) is 0.451. The van der Waals surface area contributed by atoms with Gasteiger partial charge in [-0.1, -0.05) is 62.4 Å². The molecule has 2 aliphatic rings. The first kappa shape index (κ1) is 12.8. The molecule has 3 aromatic rings. The van der Waals surface area contributed by atoms with Crippen LogP contribution in [0.2, 0.25) is 0 Å². The summed E-state index contributed by atoms with van der Waals surface area (Å²) in [6, 6.07) is 14.5. The van der Waals surface area contributed by atoms with Gasteiger partial charge in [-0.25, -0.2) is 9.97 Å². The van der Waals surface area contributed by atoms with Crippen LogP contribution >= 0.6 is 0 Å². The molecule has 1 aromatic heterocycles. The Morgan fingerprint density at radius 3 is 2.35 bits per heavy atom. The molecule has 0 aliphatic heterocycles. The van der Waals surface area contributed by atoms with E-state index >= 15 is 0 Å². The van der Waals surface area contributed by atoms with Crippen molar-refractivity contribution >= 4 is 22.7 Å². The molecular formula is C21H16N2. The standard InChI is InChI=1S/C21H16N2/c1-21(2)11-10-13-6-5-7-14-18(13)15(12-21)20-19(14)22-16-8-3-4-9-17(16)23-20/h3-12H,1-2H3. The van der Waals surface area contributed by atoms with Gasteiger partial charge in [-0.15, -0.1) is 0 Å². The molecule has 0 spiro atoms. The molecule has 0 atom stereocenters. The fraction of sp³-hybridized carbons (Fsp3) is 0.143. The molecule has 0 radical (unpaired) electrons. The lowest BCUT2D eigenvalue weighted by Gasteiger charge is -2.14. The Kier molecular flexibility index (Phi) is 2.31. The Balaban J connectivity index is 1.94. The third kappa shape index (κ3) is 1.75. The number of nitrogens with zero attached hydrogens (tertiary/aromatic N) is 2. The fourth-order valence-electron chi connectivity index (χ4n) is 3.57. The highest BCUT2D eigenvalue weighted by Crippen LogP contribution is 2.47. The van der Waals surface area contributed by atoms with Crippen LogP contribution in [0.4, 0.5) is 0 Å². The molecule has 2 nitrogen and oxygen atoms in total. The second-order valence-corrected chi connectivity index (χ2v) is 6.89. The highest BCUT2D eigenvalue weighted by molar-refractivity contribution is 6.03. The third-order valence-corrected chi connectivity index (χ3v) is 4.66. The molecule has 0 bridgehead atoms. The van der Waals surface area contributed by atoms with Crippen molar-refractivity contribution in [2.45, 2.75) is 13.8 Å². The minimum absolute atomic E-state index is 0.000554. The second kappa shape index (κ2) is 4.17. The number of benzene rings is 2. The summed E-state index contributed by atoms with van der Waals surface area (Å²) in [5.74, 6) is 0. The highest BCUT2D eigenvalue weighted by Gasteiger charge is 2.31. The topological polar surface area (TPSA) is 25.8 Å². The average molecular weight is 296 g/mol. The number of para-hydroxylation sites is 2. The molecule has 5 rings (SSSR count). The molecule has 1 heterocycles. The third-order valence-electron chi connectivity index (χ3n) is 4.66. The number of aromatic nitrogens is 2. The van der Waals surface area contributed by atoms with Crippen LogP contribution in [-0.4, -0.2) is 9.97 Å². The first-order valence-electron chi connectivity index (χ1n) is 7.95. The summed E-state index contributed by atoms with van der Waals surface area (Å²) in [7, 11) is 0. The number of hydrogen-bond donors (Lipinski definition) is 0. The molecule has 0 saturated heterocycles. The van der Waals surface area contributed by atoms with E-state index in [4.69, 9.17) is 9.97 Å². The van der Waals surface area contributed by atoms with E-state index in [0.29, 0.717) is 0 Å². The van der Waals surface area contributed by atoms with Crippen molar-refractivity contribution in [2.75, 3.05) is 0 Å². The Hall–Kier alpha value is -2.74. The van der Waals surface area contributed by atoms with Crippen molar-refractivity contribution in [3.05, 3.63) is 71.4 Å². The smallest absolute Gasteiger partial charge is 0.0979 e. The van der Waals surface area contributed by atoms with Crippen LogP contribution in [0.5, 0.6) is 0 Å². The summed E-state index contributed by atoms with van der Waals surface area (Å²) < 4.78 is 0. The molecule has 0 N–H and O–H groups in total. The Labute approximate surface area is 135 Å². The van der Waals surface area contributed by atoms with Crippen LogP contribution in [-0.2, 0) is 0 Å². The number of fused-ring (bicyclic) bond motifs is 4. The Morgan fingerprint density at radius 2 is 1.57 bits per heavy atom.